The Balaban J connectivity index is 1.53. The highest BCUT2D eigenvalue weighted by Gasteiger charge is 2.22. The molecule has 4 aromatic rings. The Kier molecular flexibility index (Phi) is 5.93. The third kappa shape index (κ3) is 4.48. The molecule has 0 spiro atoms. The summed E-state index contributed by atoms with van der Waals surface area (Å²) in [6, 6.07) is 15.8. The molecule has 0 aliphatic carbocycles. The Labute approximate surface area is 190 Å². The molecule has 0 bridgehead atoms. The van der Waals surface area contributed by atoms with Gasteiger partial charge in [0.2, 0.25) is 0 Å². The molecule has 0 saturated carbocycles. The summed E-state index contributed by atoms with van der Waals surface area (Å²) in [5.74, 6) is 0.197. The van der Waals surface area contributed by atoms with E-state index in [1.165, 1.54) is 31.4 Å². The van der Waals surface area contributed by atoms with Crippen LogP contribution >= 0.6 is 11.6 Å². The first kappa shape index (κ1) is 21.5. The van der Waals surface area contributed by atoms with Gasteiger partial charge in [0.25, 0.3) is 15.9 Å². The quantitative estimate of drug-likeness (QED) is 0.462. The summed E-state index contributed by atoms with van der Waals surface area (Å²) in [4.78, 5) is 20.9. The average molecular weight is 468 g/mol. The van der Waals surface area contributed by atoms with Gasteiger partial charge in [0.1, 0.15) is 12.1 Å². The Hall–Kier alpha value is -3.69. The molecular formula is C22H18ClN5O3S. The van der Waals surface area contributed by atoms with Crippen molar-refractivity contribution in [1.82, 2.24) is 14.5 Å². The fourth-order valence-electron chi connectivity index (χ4n) is 2.98. The lowest BCUT2D eigenvalue weighted by atomic mass is 10.2. The highest BCUT2D eigenvalue weighted by atomic mass is 35.5. The van der Waals surface area contributed by atoms with Gasteiger partial charge in [-0.25, -0.2) is 18.4 Å². The molecule has 0 unspecified atom stereocenters. The molecule has 2 heterocycles. The van der Waals surface area contributed by atoms with Crippen LogP contribution in [0.2, 0.25) is 5.02 Å². The zero-order valence-electron chi connectivity index (χ0n) is 16.9. The van der Waals surface area contributed by atoms with E-state index in [9.17, 15) is 13.2 Å². The molecule has 10 heteroatoms. The standard InChI is InChI=1S/C22H18ClN5O3S/c1-27(19-6-3-5-17(23)13-19)32(30,31)20-7-2-4-16(12-20)22(29)26-18-8-9-21(25-14-18)28-11-10-24-15-28/h2-15H,1H3,(H,26,29). The van der Waals surface area contributed by atoms with E-state index in [0.717, 1.165) is 4.31 Å². The van der Waals surface area contributed by atoms with Crippen molar-refractivity contribution in [3.63, 3.8) is 0 Å². The van der Waals surface area contributed by atoms with Crippen LogP contribution in [0.25, 0.3) is 5.82 Å². The van der Waals surface area contributed by atoms with Crippen molar-refractivity contribution in [3.05, 3.63) is 96.2 Å². The van der Waals surface area contributed by atoms with Gasteiger partial charge in [0, 0.05) is 30.0 Å². The number of sulfonamides is 1. The smallest absolute Gasteiger partial charge is 0.264 e. The maximum atomic E-state index is 13.1. The number of rotatable bonds is 6. The van der Waals surface area contributed by atoms with E-state index in [2.05, 4.69) is 15.3 Å². The lowest BCUT2D eigenvalue weighted by molar-refractivity contribution is 0.102. The molecule has 0 radical (unpaired) electrons. The predicted molar refractivity (Wildman–Crippen MR) is 123 cm³/mol. The summed E-state index contributed by atoms with van der Waals surface area (Å²) < 4.78 is 29.0. The molecule has 0 aliphatic heterocycles. The van der Waals surface area contributed by atoms with Crippen molar-refractivity contribution in [1.29, 1.82) is 0 Å². The molecule has 0 aliphatic rings. The minimum atomic E-state index is -3.89. The third-order valence-electron chi connectivity index (χ3n) is 4.70. The number of carbonyl (C=O) groups is 1. The number of pyridine rings is 1. The highest BCUT2D eigenvalue weighted by molar-refractivity contribution is 7.92. The maximum Gasteiger partial charge on any atom is 0.264 e. The van der Waals surface area contributed by atoms with Gasteiger partial charge in [-0.15, -0.1) is 0 Å². The lowest BCUT2D eigenvalue weighted by Gasteiger charge is -2.20. The summed E-state index contributed by atoms with van der Waals surface area (Å²) in [6.07, 6.45) is 6.53. The van der Waals surface area contributed by atoms with E-state index in [1.54, 1.807) is 65.8 Å². The second kappa shape index (κ2) is 8.81. The number of imidazole rings is 1. The number of anilines is 2. The minimum absolute atomic E-state index is 0.0128. The van der Waals surface area contributed by atoms with Gasteiger partial charge in [-0.3, -0.25) is 13.7 Å². The Morgan fingerprint density at radius 2 is 1.91 bits per heavy atom. The molecule has 162 valence electrons. The number of benzene rings is 2. The van der Waals surface area contributed by atoms with Crippen molar-refractivity contribution in [2.45, 2.75) is 4.90 Å². The van der Waals surface area contributed by atoms with Gasteiger partial charge in [-0.2, -0.15) is 0 Å². The van der Waals surface area contributed by atoms with E-state index in [-0.39, 0.29) is 10.5 Å². The number of hydrogen-bond donors (Lipinski definition) is 1. The van der Waals surface area contributed by atoms with Crippen LogP contribution in [-0.2, 0) is 10.0 Å². The SMILES string of the molecule is CN(c1cccc(Cl)c1)S(=O)(=O)c1cccc(C(=O)Nc2ccc(-n3ccnc3)nc2)c1. The number of carbonyl (C=O) groups excluding carboxylic acids is 1. The molecule has 32 heavy (non-hydrogen) atoms. The van der Waals surface area contributed by atoms with E-state index in [1.807, 2.05) is 0 Å². The second-order valence-electron chi connectivity index (χ2n) is 6.81. The average Bonchev–Trinajstić information content (AvgIpc) is 3.34. The molecule has 4 rings (SSSR count). The Bertz CT molecular complexity index is 1360. The zero-order chi connectivity index (χ0) is 22.7. The van der Waals surface area contributed by atoms with Gasteiger partial charge in [-0.05, 0) is 48.5 Å². The molecule has 1 N–H and O–H groups in total. The first-order valence-corrected chi connectivity index (χ1v) is 11.3. The largest absolute Gasteiger partial charge is 0.321 e. The molecular weight excluding hydrogens is 450 g/mol. The van der Waals surface area contributed by atoms with Crippen molar-refractivity contribution in [2.75, 3.05) is 16.7 Å². The fourth-order valence-corrected chi connectivity index (χ4v) is 4.40. The van der Waals surface area contributed by atoms with Crippen LogP contribution in [0.15, 0.2) is 90.5 Å². The fraction of sp³-hybridized carbons (Fsp3) is 0.0455. The van der Waals surface area contributed by atoms with Gasteiger partial charge in [0.05, 0.1) is 22.5 Å². The van der Waals surface area contributed by atoms with Crippen LogP contribution in [0, 0.1) is 0 Å². The number of nitrogens with zero attached hydrogens (tertiary/aromatic N) is 4. The lowest BCUT2D eigenvalue weighted by Crippen LogP contribution is -2.26. The molecule has 8 nitrogen and oxygen atoms in total. The topological polar surface area (TPSA) is 97.2 Å². The molecule has 2 aromatic heterocycles. The van der Waals surface area contributed by atoms with Crippen LogP contribution in [0.1, 0.15) is 10.4 Å². The number of halogens is 1. The predicted octanol–water partition coefficient (Wildman–Crippen LogP) is 4.00. The van der Waals surface area contributed by atoms with Crippen LogP contribution in [-0.4, -0.2) is 35.9 Å². The molecule has 2 aromatic carbocycles. The van der Waals surface area contributed by atoms with Gasteiger partial charge in [-0.1, -0.05) is 23.7 Å². The number of hydrogen-bond acceptors (Lipinski definition) is 5. The zero-order valence-corrected chi connectivity index (χ0v) is 18.5. The summed E-state index contributed by atoms with van der Waals surface area (Å²) in [5.41, 5.74) is 1.09. The molecule has 1 amide bonds. The molecule has 0 saturated heterocycles. The first-order chi connectivity index (χ1) is 15.3. The number of nitrogens with one attached hydrogen (secondary N) is 1. The van der Waals surface area contributed by atoms with E-state index < -0.39 is 15.9 Å². The van der Waals surface area contributed by atoms with Crippen molar-refractivity contribution in [3.8, 4) is 5.82 Å². The van der Waals surface area contributed by atoms with Crippen LogP contribution in [0.3, 0.4) is 0 Å². The normalized spacial score (nSPS) is 11.2. The van der Waals surface area contributed by atoms with E-state index in [4.69, 9.17) is 11.6 Å². The van der Waals surface area contributed by atoms with Crippen molar-refractivity contribution in [2.24, 2.45) is 0 Å². The number of amides is 1. The van der Waals surface area contributed by atoms with E-state index in [0.29, 0.717) is 22.2 Å². The summed E-state index contributed by atoms with van der Waals surface area (Å²) >= 11 is 5.98. The van der Waals surface area contributed by atoms with E-state index >= 15 is 0 Å². The molecule has 0 fully saturated rings. The summed E-state index contributed by atoms with van der Waals surface area (Å²) in [6.45, 7) is 0. The van der Waals surface area contributed by atoms with Crippen LogP contribution in [0.5, 0.6) is 0 Å². The van der Waals surface area contributed by atoms with Gasteiger partial charge in [0.15, 0.2) is 0 Å². The van der Waals surface area contributed by atoms with Gasteiger partial charge >= 0.3 is 0 Å². The first-order valence-electron chi connectivity index (χ1n) is 9.45. The maximum absolute atomic E-state index is 13.1. The highest BCUT2D eigenvalue weighted by Crippen LogP contribution is 2.25. The number of aromatic nitrogens is 3. The third-order valence-corrected chi connectivity index (χ3v) is 6.72. The van der Waals surface area contributed by atoms with Crippen LogP contribution < -0.4 is 9.62 Å². The minimum Gasteiger partial charge on any atom is -0.321 e. The summed E-state index contributed by atoms with van der Waals surface area (Å²) in [5, 5.41) is 3.15. The van der Waals surface area contributed by atoms with Crippen molar-refractivity contribution >= 4 is 38.9 Å². The van der Waals surface area contributed by atoms with Crippen molar-refractivity contribution < 1.29 is 13.2 Å². The summed E-state index contributed by atoms with van der Waals surface area (Å²) in [7, 11) is -2.46. The monoisotopic (exact) mass is 467 g/mol. The molecule has 0 atom stereocenters. The Morgan fingerprint density at radius 1 is 1.09 bits per heavy atom. The second-order valence-corrected chi connectivity index (χ2v) is 9.22. The van der Waals surface area contributed by atoms with Gasteiger partial charge < -0.3 is 5.32 Å². The van der Waals surface area contributed by atoms with Crippen LogP contribution in [0.4, 0.5) is 11.4 Å². The Morgan fingerprint density at radius 3 is 2.59 bits per heavy atom.